The average molecular weight is 239 g/mol. The highest BCUT2D eigenvalue weighted by Crippen LogP contribution is 2.25. The molecule has 0 N–H and O–H groups in total. The first kappa shape index (κ1) is 10.4. The van der Waals surface area contributed by atoms with E-state index in [4.69, 9.17) is 23.2 Å². The minimum atomic E-state index is 0.430. The predicted molar refractivity (Wildman–Crippen MR) is 62.2 cm³/mol. The quantitative estimate of drug-likeness (QED) is 0.708. The van der Waals surface area contributed by atoms with Gasteiger partial charge in [-0.25, -0.2) is 9.97 Å². The van der Waals surface area contributed by atoms with Crippen molar-refractivity contribution in [3.8, 4) is 11.3 Å². The molecule has 0 aliphatic rings. The van der Waals surface area contributed by atoms with E-state index in [2.05, 4.69) is 9.97 Å². The molecule has 0 fully saturated rings. The summed E-state index contributed by atoms with van der Waals surface area (Å²) in [7, 11) is 0. The zero-order valence-electron chi connectivity index (χ0n) is 8.04. The number of halogens is 2. The van der Waals surface area contributed by atoms with Gasteiger partial charge in [0.05, 0.1) is 5.69 Å². The van der Waals surface area contributed by atoms with E-state index < -0.39 is 0 Å². The Morgan fingerprint density at radius 1 is 1.07 bits per heavy atom. The molecule has 1 aromatic carbocycles. The van der Waals surface area contributed by atoms with E-state index in [0.717, 1.165) is 16.8 Å². The lowest BCUT2D eigenvalue weighted by atomic mass is 10.1. The van der Waals surface area contributed by atoms with Crippen LogP contribution in [-0.4, -0.2) is 9.97 Å². The van der Waals surface area contributed by atoms with E-state index in [-0.39, 0.29) is 0 Å². The van der Waals surface area contributed by atoms with Gasteiger partial charge in [-0.2, -0.15) is 0 Å². The Labute approximate surface area is 97.9 Å². The summed E-state index contributed by atoms with van der Waals surface area (Å²) in [5.41, 5.74) is 2.87. The minimum absolute atomic E-state index is 0.430. The third-order valence-corrected chi connectivity index (χ3v) is 2.55. The number of aromatic nitrogens is 2. The first-order valence-corrected chi connectivity index (χ1v) is 5.16. The molecule has 0 unspecified atom stereocenters. The zero-order chi connectivity index (χ0) is 10.8. The van der Waals surface area contributed by atoms with Crippen molar-refractivity contribution < 1.29 is 0 Å². The van der Waals surface area contributed by atoms with Crippen LogP contribution in [0.5, 0.6) is 0 Å². The summed E-state index contributed by atoms with van der Waals surface area (Å²) >= 11 is 11.7. The van der Waals surface area contributed by atoms with Crippen LogP contribution in [0.3, 0.4) is 0 Å². The minimum Gasteiger partial charge on any atom is -0.236 e. The molecular weight excluding hydrogens is 231 g/mol. The van der Waals surface area contributed by atoms with Gasteiger partial charge in [0.15, 0.2) is 0 Å². The molecule has 0 saturated heterocycles. The van der Waals surface area contributed by atoms with Crippen molar-refractivity contribution in [2.24, 2.45) is 0 Å². The molecule has 4 heteroatoms. The second-order valence-corrected chi connectivity index (χ2v) is 4.01. The topological polar surface area (TPSA) is 25.8 Å². The molecule has 2 rings (SSSR count). The smallest absolute Gasteiger partial charge is 0.133 e. The van der Waals surface area contributed by atoms with Crippen molar-refractivity contribution in [3.05, 3.63) is 46.3 Å². The molecule has 1 heterocycles. The second-order valence-electron chi connectivity index (χ2n) is 3.19. The Balaban J connectivity index is 2.58. The van der Waals surface area contributed by atoms with Gasteiger partial charge in [-0.15, -0.1) is 0 Å². The standard InChI is InChI=1S/C11H8Cl2N2/c1-7-2-3-8(12)4-9(7)10-5-11(13)15-6-14-10/h2-6H,1H3. The largest absolute Gasteiger partial charge is 0.236 e. The molecule has 2 nitrogen and oxygen atoms in total. The maximum atomic E-state index is 5.93. The molecule has 1 aromatic heterocycles. The first-order chi connectivity index (χ1) is 7.16. The van der Waals surface area contributed by atoms with Crippen LogP contribution < -0.4 is 0 Å². The summed E-state index contributed by atoms with van der Waals surface area (Å²) in [6, 6.07) is 7.40. The summed E-state index contributed by atoms with van der Waals surface area (Å²) in [5, 5.41) is 1.12. The summed E-state index contributed by atoms with van der Waals surface area (Å²) < 4.78 is 0. The molecule has 0 bridgehead atoms. The number of benzene rings is 1. The van der Waals surface area contributed by atoms with Gasteiger partial charge in [0.2, 0.25) is 0 Å². The number of rotatable bonds is 1. The maximum absolute atomic E-state index is 5.93. The van der Waals surface area contributed by atoms with Crippen molar-refractivity contribution in [2.75, 3.05) is 0 Å². The molecule has 0 spiro atoms. The molecule has 2 aromatic rings. The van der Waals surface area contributed by atoms with Gasteiger partial charge in [-0.1, -0.05) is 29.3 Å². The monoisotopic (exact) mass is 238 g/mol. The van der Waals surface area contributed by atoms with E-state index >= 15 is 0 Å². The molecule has 0 amide bonds. The fourth-order valence-corrected chi connectivity index (χ4v) is 1.67. The lowest BCUT2D eigenvalue weighted by Gasteiger charge is -2.05. The third-order valence-electron chi connectivity index (χ3n) is 2.11. The van der Waals surface area contributed by atoms with Gasteiger partial charge in [0.25, 0.3) is 0 Å². The van der Waals surface area contributed by atoms with Gasteiger partial charge in [-0.05, 0) is 24.6 Å². The number of aryl methyl sites for hydroxylation is 1. The lowest BCUT2D eigenvalue weighted by molar-refractivity contribution is 1.17. The van der Waals surface area contributed by atoms with Crippen LogP contribution in [0.1, 0.15) is 5.56 Å². The average Bonchev–Trinajstić information content (AvgIpc) is 2.22. The van der Waals surface area contributed by atoms with Crippen molar-refractivity contribution in [1.82, 2.24) is 9.97 Å². The third kappa shape index (κ3) is 2.28. The van der Waals surface area contributed by atoms with Crippen LogP contribution in [0, 0.1) is 6.92 Å². The van der Waals surface area contributed by atoms with Crippen LogP contribution in [0.2, 0.25) is 10.2 Å². The fraction of sp³-hybridized carbons (Fsp3) is 0.0909. The molecule has 0 aliphatic heterocycles. The Hall–Kier alpha value is -1.12. The molecule has 0 aliphatic carbocycles. The van der Waals surface area contributed by atoms with E-state index in [0.29, 0.717) is 10.2 Å². The highest BCUT2D eigenvalue weighted by atomic mass is 35.5. The van der Waals surface area contributed by atoms with E-state index in [1.54, 1.807) is 6.07 Å². The van der Waals surface area contributed by atoms with Crippen LogP contribution in [0.4, 0.5) is 0 Å². The molecule has 0 saturated carbocycles. The molecule has 0 atom stereocenters. The van der Waals surface area contributed by atoms with Crippen molar-refractivity contribution in [1.29, 1.82) is 0 Å². The van der Waals surface area contributed by atoms with Gasteiger partial charge >= 0.3 is 0 Å². The summed E-state index contributed by atoms with van der Waals surface area (Å²) in [4.78, 5) is 8.00. The van der Waals surface area contributed by atoms with Crippen molar-refractivity contribution in [2.45, 2.75) is 6.92 Å². The van der Waals surface area contributed by atoms with Gasteiger partial charge < -0.3 is 0 Å². The SMILES string of the molecule is Cc1ccc(Cl)cc1-c1cc(Cl)ncn1. The maximum Gasteiger partial charge on any atom is 0.133 e. The molecule has 76 valence electrons. The van der Waals surface area contributed by atoms with Crippen LogP contribution in [0.25, 0.3) is 11.3 Å². The molecule has 15 heavy (non-hydrogen) atoms. The Kier molecular flexibility index (Phi) is 2.89. The summed E-state index contributed by atoms with van der Waals surface area (Å²) in [6.45, 7) is 2.00. The number of hydrogen-bond donors (Lipinski definition) is 0. The zero-order valence-corrected chi connectivity index (χ0v) is 9.55. The highest BCUT2D eigenvalue weighted by Gasteiger charge is 2.04. The van der Waals surface area contributed by atoms with E-state index in [1.165, 1.54) is 6.33 Å². The Bertz CT molecular complexity index is 498. The second kappa shape index (κ2) is 4.17. The summed E-state index contributed by atoms with van der Waals surface area (Å²) in [6.07, 6.45) is 1.44. The van der Waals surface area contributed by atoms with Crippen LogP contribution in [0.15, 0.2) is 30.6 Å². The fourth-order valence-electron chi connectivity index (χ4n) is 1.35. The van der Waals surface area contributed by atoms with Crippen molar-refractivity contribution >= 4 is 23.2 Å². The Morgan fingerprint density at radius 2 is 1.87 bits per heavy atom. The van der Waals surface area contributed by atoms with E-state index in [9.17, 15) is 0 Å². The Morgan fingerprint density at radius 3 is 2.60 bits per heavy atom. The van der Waals surface area contributed by atoms with Crippen molar-refractivity contribution in [3.63, 3.8) is 0 Å². The van der Waals surface area contributed by atoms with Crippen LogP contribution in [-0.2, 0) is 0 Å². The summed E-state index contributed by atoms with van der Waals surface area (Å²) in [5.74, 6) is 0. The normalized spacial score (nSPS) is 10.3. The van der Waals surface area contributed by atoms with Gasteiger partial charge in [-0.3, -0.25) is 0 Å². The molecule has 0 radical (unpaired) electrons. The molecular formula is C11H8Cl2N2. The highest BCUT2D eigenvalue weighted by molar-refractivity contribution is 6.31. The van der Waals surface area contributed by atoms with Gasteiger partial charge in [0, 0.05) is 16.7 Å². The number of hydrogen-bond acceptors (Lipinski definition) is 2. The predicted octanol–water partition coefficient (Wildman–Crippen LogP) is 3.76. The number of nitrogens with zero attached hydrogens (tertiary/aromatic N) is 2. The lowest BCUT2D eigenvalue weighted by Crippen LogP contribution is -1.88. The first-order valence-electron chi connectivity index (χ1n) is 4.41. The van der Waals surface area contributed by atoms with E-state index in [1.807, 2.05) is 25.1 Å². The van der Waals surface area contributed by atoms with Crippen LogP contribution >= 0.6 is 23.2 Å². The van der Waals surface area contributed by atoms with Gasteiger partial charge in [0.1, 0.15) is 11.5 Å².